The highest BCUT2D eigenvalue weighted by Gasteiger charge is 2.36. The third kappa shape index (κ3) is 4.39. The molecule has 2 heterocycles. The summed E-state index contributed by atoms with van der Waals surface area (Å²) in [7, 11) is 0. The van der Waals surface area contributed by atoms with Crippen LogP contribution >= 0.6 is 23.7 Å². The van der Waals surface area contributed by atoms with Crippen LogP contribution in [0, 0.1) is 6.92 Å². The monoisotopic (exact) mass is 381 g/mol. The average molecular weight is 382 g/mol. The molecule has 2 aromatic rings. The van der Waals surface area contributed by atoms with Crippen molar-refractivity contribution in [3.63, 3.8) is 0 Å². The van der Waals surface area contributed by atoms with Crippen molar-refractivity contribution in [3.8, 4) is 10.6 Å². The Labute approximate surface area is 158 Å². The zero-order valence-corrected chi connectivity index (χ0v) is 16.1. The minimum Gasteiger partial charge on any atom is -0.381 e. The molecule has 3 N–H and O–H groups in total. The van der Waals surface area contributed by atoms with Crippen LogP contribution in [0.4, 0.5) is 0 Å². The number of nitrogens with two attached hydrogens (primary N) is 1. The van der Waals surface area contributed by atoms with Crippen LogP contribution in [0.25, 0.3) is 10.6 Å². The van der Waals surface area contributed by atoms with E-state index < -0.39 is 5.54 Å². The number of ether oxygens (including phenoxy) is 1. The standard InChI is InChI=1S/C18H23N3O2S.ClH/c1-12-15(24-16(20-12)14-6-4-3-5-7-14)13(2)21-17(22)18(19)8-10-23-11-9-18;/h3-7,13H,8-11,19H2,1-2H3,(H,21,22);1H. The summed E-state index contributed by atoms with van der Waals surface area (Å²) in [6.07, 6.45) is 1.12. The molecule has 1 atom stereocenters. The molecule has 25 heavy (non-hydrogen) atoms. The SMILES string of the molecule is Cc1nc(-c2ccccc2)sc1C(C)NC(=O)C1(N)CCOCC1.Cl. The fraction of sp³-hybridized carbons (Fsp3) is 0.444. The molecule has 1 aliphatic heterocycles. The van der Waals surface area contributed by atoms with E-state index in [0.717, 1.165) is 21.1 Å². The fourth-order valence-corrected chi connectivity index (χ4v) is 3.96. The number of halogens is 1. The molecule has 0 aliphatic carbocycles. The highest BCUT2D eigenvalue weighted by Crippen LogP contribution is 2.32. The molecule has 1 unspecified atom stereocenters. The number of aromatic nitrogens is 1. The van der Waals surface area contributed by atoms with Gasteiger partial charge in [-0.3, -0.25) is 4.79 Å². The molecular formula is C18H24ClN3O2S. The number of nitrogens with zero attached hydrogens (tertiary/aromatic N) is 1. The summed E-state index contributed by atoms with van der Waals surface area (Å²) in [5, 5.41) is 4.03. The van der Waals surface area contributed by atoms with Crippen molar-refractivity contribution in [2.75, 3.05) is 13.2 Å². The van der Waals surface area contributed by atoms with Crippen molar-refractivity contribution in [2.24, 2.45) is 5.73 Å². The zero-order chi connectivity index (χ0) is 17.2. The fourth-order valence-electron chi connectivity index (χ4n) is 2.88. The zero-order valence-electron chi connectivity index (χ0n) is 14.5. The van der Waals surface area contributed by atoms with Crippen LogP contribution in [0.3, 0.4) is 0 Å². The Kier molecular flexibility index (Phi) is 6.57. The molecule has 0 bridgehead atoms. The van der Waals surface area contributed by atoms with E-state index in [1.54, 1.807) is 11.3 Å². The van der Waals surface area contributed by atoms with Crippen LogP contribution in [-0.2, 0) is 9.53 Å². The molecule has 0 radical (unpaired) electrons. The second kappa shape index (κ2) is 8.27. The Morgan fingerprint density at radius 3 is 2.60 bits per heavy atom. The van der Waals surface area contributed by atoms with Gasteiger partial charge in [0, 0.05) is 18.8 Å². The van der Waals surface area contributed by atoms with E-state index >= 15 is 0 Å². The van der Waals surface area contributed by atoms with Crippen molar-refractivity contribution in [1.29, 1.82) is 0 Å². The number of rotatable bonds is 4. The largest absolute Gasteiger partial charge is 0.381 e. The summed E-state index contributed by atoms with van der Waals surface area (Å²) >= 11 is 1.62. The topological polar surface area (TPSA) is 77.2 Å². The van der Waals surface area contributed by atoms with Crippen molar-refractivity contribution in [1.82, 2.24) is 10.3 Å². The molecule has 0 spiro atoms. The first kappa shape index (κ1) is 19.8. The highest BCUT2D eigenvalue weighted by molar-refractivity contribution is 7.15. The van der Waals surface area contributed by atoms with Gasteiger partial charge in [-0.15, -0.1) is 23.7 Å². The summed E-state index contributed by atoms with van der Waals surface area (Å²) in [5.41, 5.74) is 7.47. The first-order valence-corrected chi connectivity index (χ1v) is 9.01. The summed E-state index contributed by atoms with van der Waals surface area (Å²) in [6, 6.07) is 9.96. The Morgan fingerprint density at radius 1 is 1.32 bits per heavy atom. The summed E-state index contributed by atoms with van der Waals surface area (Å²) in [5.74, 6) is -0.104. The maximum Gasteiger partial charge on any atom is 0.240 e. The molecule has 136 valence electrons. The van der Waals surface area contributed by atoms with E-state index in [1.165, 1.54) is 0 Å². The van der Waals surface area contributed by atoms with Gasteiger partial charge in [-0.1, -0.05) is 30.3 Å². The van der Waals surface area contributed by atoms with Crippen LogP contribution in [0.1, 0.15) is 36.4 Å². The van der Waals surface area contributed by atoms with Gasteiger partial charge in [0.2, 0.25) is 5.91 Å². The van der Waals surface area contributed by atoms with Crippen molar-refractivity contribution >= 4 is 29.7 Å². The number of aryl methyl sites for hydroxylation is 1. The number of hydrogen-bond acceptors (Lipinski definition) is 5. The molecule has 3 rings (SSSR count). The third-order valence-electron chi connectivity index (χ3n) is 4.43. The minimum absolute atomic E-state index is 0. The molecule has 1 aromatic heterocycles. The maximum absolute atomic E-state index is 12.6. The Morgan fingerprint density at radius 2 is 1.96 bits per heavy atom. The third-order valence-corrected chi connectivity index (χ3v) is 5.82. The lowest BCUT2D eigenvalue weighted by molar-refractivity contribution is -0.130. The van der Waals surface area contributed by atoms with Gasteiger partial charge in [0.15, 0.2) is 0 Å². The molecule has 5 nitrogen and oxygen atoms in total. The Hall–Kier alpha value is -1.47. The van der Waals surface area contributed by atoms with Crippen LogP contribution in [0.5, 0.6) is 0 Å². The second-order valence-electron chi connectivity index (χ2n) is 6.30. The molecule has 1 aliphatic rings. The van der Waals surface area contributed by atoms with Gasteiger partial charge in [0.05, 0.1) is 22.2 Å². The number of nitrogens with one attached hydrogen (secondary N) is 1. The first-order valence-electron chi connectivity index (χ1n) is 8.20. The smallest absolute Gasteiger partial charge is 0.240 e. The lowest BCUT2D eigenvalue weighted by Crippen LogP contribution is -2.57. The molecule has 7 heteroatoms. The average Bonchev–Trinajstić information content (AvgIpc) is 2.98. The number of benzene rings is 1. The van der Waals surface area contributed by atoms with Crippen molar-refractivity contribution in [3.05, 3.63) is 40.9 Å². The number of thiazole rings is 1. The van der Waals surface area contributed by atoms with E-state index in [-0.39, 0.29) is 24.4 Å². The van der Waals surface area contributed by atoms with E-state index in [1.807, 2.05) is 44.2 Å². The van der Waals surface area contributed by atoms with Gasteiger partial charge in [0.25, 0.3) is 0 Å². The van der Waals surface area contributed by atoms with E-state index in [4.69, 9.17) is 10.5 Å². The van der Waals surface area contributed by atoms with Crippen LogP contribution in [0.15, 0.2) is 30.3 Å². The van der Waals surface area contributed by atoms with Gasteiger partial charge >= 0.3 is 0 Å². The van der Waals surface area contributed by atoms with Gasteiger partial charge < -0.3 is 15.8 Å². The molecule has 1 aromatic carbocycles. The molecule has 0 saturated carbocycles. The number of carbonyl (C=O) groups excluding carboxylic acids is 1. The van der Waals surface area contributed by atoms with Crippen LogP contribution in [0.2, 0.25) is 0 Å². The minimum atomic E-state index is -0.826. The first-order chi connectivity index (χ1) is 11.5. The van der Waals surface area contributed by atoms with E-state index in [2.05, 4.69) is 10.3 Å². The number of carbonyl (C=O) groups is 1. The second-order valence-corrected chi connectivity index (χ2v) is 7.33. The van der Waals surface area contributed by atoms with Crippen molar-refractivity contribution in [2.45, 2.75) is 38.3 Å². The van der Waals surface area contributed by atoms with Gasteiger partial charge in [-0.25, -0.2) is 4.98 Å². The predicted octanol–water partition coefficient (Wildman–Crippen LogP) is 3.23. The number of amides is 1. The molecule has 1 fully saturated rings. The predicted molar refractivity (Wildman–Crippen MR) is 103 cm³/mol. The lowest BCUT2D eigenvalue weighted by atomic mass is 9.90. The normalized spacial score (nSPS) is 17.4. The Balaban J connectivity index is 0.00000225. The molecular weight excluding hydrogens is 358 g/mol. The van der Waals surface area contributed by atoms with Gasteiger partial charge in [-0.2, -0.15) is 0 Å². The Bertz CT molecular complexity index is 714. The molecule has 1 saturated heterocycles. The van der Waals surface area contributed by atoms with Gasteiger partial charge in [0.1, 0.15) is 5.01 Å². The van der Waals surface area contributed by atoms with Gasteiger partial charge in [-0.05, 0) is 26.7 Å². The highest BCUT2D eigenvalue weighted by atomic mass is 35.5. The van der Waals surface area contributed by atoms with E-state index in [9.17, 15) is 4.79 Å². The number of hydrogen-bond donors (Lipinski definition) is 2. The summed E-state index contributed by atoms with van der Waals surface area (Å²) < 4.78 is 5.31. The van der Waals surface area contributed by atoms with E-state index in [0.29, 0.717) is 26.1 Å². The molecule has 1 amide bonds. The van der Waals surface area contributed by atoms with Crippen LogP contribution < -0.4 is 11.1 Å². The lowest BCUT2D eigenvalue weighted by Gasteiger charge is -2.32. The van der Waals surface area contributed by atoms with Crippen LogP contribution in [-0.4, -0.2) is 29.6 Å². The quantitative estimate of drug-likeness (QED) is 0.852. The van der Waals surface area contributed by atoms with Crippen molar-refractivity contribution < 1.29 is 9.53 Å². The maximum atomic E-state index is 12.6. The summed E-state index contributed by atoms with van der Waals surface area (Å²) in [6.45, 7) is 5.04. The summed E-state index contributed by atoms with van der Waals surface area (Å²) in [4.78, 5) is 18.3.